The molecule has 1 aromatic rings. The van der Waals surface area contributed by atoms with Crippen molar-refractivity contribution in [2.24, 2.45) is 5.73 Å². The average Bonchev–Trinajstić information content (AvgIpc) is 2.53. The van der Waals surface area contributed by atoms with Gasteiger partial charge >= 0.3 is 5.97 Å². The average molecular weight is 169 g/mol. The predicted octanol–water partition coefficient (Wildman–Crippen LogP) is -0.144. The van der Waals surface area contributed by atoms with Gasteiger partial charge in [-0.2, -0.15) is 0 Å². The first kappa shape index (κ1) is 8.73. The summed E-state index contributed by atoms with van der Waals surface area (Å²) >= 11 is 0. The number of hydrogen-bond donors (Lipinski definition) is 2. The Morgan fingerprint density at radius 2 is 2.42 bits per heavy atom. The highest BCUT2D eigenvalue weighted by molar-refractivity contribution is 5.73. The molecule has 0 radical (unpaired) electrons. The van der Waals surface area contributed by atoms with E-state index in [0.29, 0.717) is 0 Å². The van der Waals surface area contributed by atoms with Gasteiger partial charge in [-0.25, -0.2) is 4.98 Å². The second kappa shape index (κ2) is 3.36. The third-order valence-electron chi connectivity index (χ3n) is 1.80. The van der Waals surface area contributed by atoms with Gasteiger partial charge in [0.25, 0.3) is 0 Å². The van der Waals surface area contributed by atoms with Gasteiger partial charge in [-0.05, 0) is 6.92 Å². The number of nitrogens with two attached hydrogens (primary N) is 1. The molecule has 0 saturated heterocycles. The molecular weight excluding hydrogens is 158 g/mol. The van der Waals surface area contributed by atoms with E-state index in [-0.39, 0.29) is 6.04 Å². The number of carboxylic acids is 1. The summed E-state index contributed by atoms with van der Waals surface area (Å²) in [5, 5.41) is 8.59. The number of imidazole rings is 1. The van der Waals surface area contributed by atoms with E-state index in [4.69, 9.17) is 10.8 Å². The maximum absolute atomic E-state index is 10.5. The number of nitrogens with zero attached hydrogens (tertiary/aromatic N) is 2. The molecule has 2 unspecified atom stereocenters. The molecule has 3 N–H and O–H groups in total. The molecule has 0 aromatic carbocycles. The third kappa shape index (κ3) is 1.62. The molecule has 0 fully saturated rings. The Labute approximate surface area is 69.8 Å². The second-order valence-corrected chi connectivity index (χ2v) is 2.61. The summed E-state index contributed by atoms with van der Waals surface area (Å²) in [7, 11) is 0. The first-order chi connectivity index (χ1) is 5.63. The Morgan fingerprint density at radius 1 is 1.75 bits per heavy atom. The largest absolute Gasteiger partial charge is 0.480 e. The normalized spacial score (nSPS) is 15.5. The maximum Gasteiger partial charge on any atom is 0.322 e. The molecule has 0 bridgehead atoms. The van der Waals surface area contributed by atoms with Crippen molar-refractivity contribution in [1.82, 2.24) is 9.55 Å². The molecule has 1 heterocycles. The van der Waals surface area contributed by atoms with Crippen molar-refractivity contribution in [3.05, 3.63) is 18.7 Å². The van der Waals surface area contributed by atoms with Crippen LogP contribution in [0.1, 0.15) is 13.0 Å². The Hall–Kier alpha value is -1.36. The van der Waals surface area contributed by atoms with E-state index in [0.717, 1.165) is 0 Å². The Balaban J connectivity index is 2.71. The summed E-state index contributed by atoms with van der Waals surface area (Å²) in [6.07, 6.45) is 4.83. The van der Waals surface area contributed by atoms with Crippen LogP contribution in [0, 0.1) is 0 Å². The van der Waals surface area contributed by atoms with Crippen molar-refractivity contribution in [2.45, 2.75) is 19.0 Å². The Bertz CT molecular complexity index is 258. The van der Waals surface area contributed by atoms with Gasteiger partial charge in [-0.15, -0.1) is 0 Å². The minimum atomic E-state index is -1.00. The first-order valence-electron chi connectivity index (χ1n) is 3.58. The van der Waals surface area contributed by atoms with E-state index < -0.39 is 12.0 Å². The lowest BCUT2D eigenvalue weighted by atomic mass is 10.1. The van der Waals surface area contributed by atoms with Gasteiger partial charge in [0.2, 0.25) is 0 Å². The number of carbonyl (C=O) groups is 1. The molecule has 0 aliphatic rings. The molecule has 1 rings (SSSR count). The van der Waals surface area contributed by atoms with Crippen LogP contribution in [0.4, 0.5) is 0 Å². The molecule has 1 aromatic heterocycles. The quantitative estimate of drug-likeness (QED) is 0.659. The monoisotopic (exact) mass is 169 g/mol. The molecule has 2 atom stereocenters. The highest BCUT2D eigenvalue weighted by Crippen LogP contribution is 2.07. The molecule has 0 aliphatic carbocycles. The van der Waals surface area contributed by atoms with Crippen molar-refractivity contribution >= 4 is 5.97 Å². The standard InChI is InChI=1S/C7H11N3O2/c1-5(6(8)7(11)12)10-3-2-9-4-10/h2-6H,8H2,1H3,(H,11,12). The van der Waals surface area contributed by atoms with Crippen LogP contribution in [0.5, 0.6) is 0 Å². The molecule has 5 nitrogen and oxygen atoms in total. The summed E-state index contributed by atoms with van der Waals surface area (Å²) < 4.78 is 1.67. The number of rotatable bonds is 3. The third-order valence-corrected chi connectivity index (χ3v) is 1.80. The fourth-order valence-electron chi connectivity index (χ4n) is 0.902. The Kier molecular flexibility index (Phi) is 2.44. The highest BCUT2D eigenvalue weighted by Gasteiger charge is 2.20. The van der Waals surface area contributed by atoms with Crippen LogP contribution in [0.15, 0.2) is 18.7 Å². The molecule has 12 heavy (non-hydrogen) atoms. The maximum atomic E-state index is 10.5. The van der Waals surface area contributed by atoms with Crippen LogP contribution < -0.4 is 5.73 Å². The number of carboxylic acid groups (broad SMARTS) is 1. The van der Waals surface area contributed by atoms with Crippen molar-refractivity contribution < 1.29 is 9.90 Å². The van der Waals surface area contributed by atoms with E-state index in [1.54, 1.807) is 30.2 Å². The summed E-state index contributed by atoms with van der Waals surface area (Å²) in [5.74, 6) is -1.00. The van der Waals surface area contributed by atoms with Crippen molar-refractivity contribution in [1.29, 1.82) is 0 Å². The van der Waals surface area contributed by atoms with Crippen LogP contribution in [0.2, 0.25) is 0 Å². The molecular formula is C7H11N3O2. The Morgan fingerprint density at radius 3 is 2.83 bits per heavy atom. The van der Waals surface area contributed by atoms with E-state index in [1.165, 1.54) is 0 Å². The lowest BCUT2D eigenvalue weighted by Gasteiger charge is -2.16. The van der Waals surface area contributed by atoms with E-state index in [9.17, 15) is 4.79 Å². The summed E-state index contributed by atoms with van der Waals surface area (Å²) in [6, 6.07) is -1.16. The van der Waals surface area contributed by atoms with Crippen LogP contribution >= 0.6 is 0 Å². The lowest BCUT2D eigenvalue weighted by molar-refractivity contribution is -0.139. The van der Waals surface area contributed by atoms with Crippen molar-refractivity contribution in [3.8, 4) is 0 Å². The lowest BCUT2D eigenvalue weighted by Crippen LogP contribution is -2.37. The molecule has 0 aliphatic heterocycles. The number of hydrogen-bond acceptors (Lipinski definition) is 3. The highest BCUT2D eigenvalue weighted by atomic mass is 16.4. The van der Waals surface area contributed by atoms with Gasteiger partial charge in [0.05, 0.1) is 12.4 Å². The van der Waals surface area contributed by atoms with Gasteiger partial charge in [-0.1, -0.05) is 0 Å². The van der Waals surface area contributed by atoms with Crippen LogP contribution in [0.3, 0.4) is 0 Å². The van der Waals surface area contributed by atoms with E-state index in [1.807, 2.05) is 0 Å². The fraction of sp³-hybridized carbons (Fsp3) is 0.429. The molecule has 0 amide bonds. The molecule has 0 saturated carbocycles. The smallest absolute Gasteiger partial charge is 0.322 e. The van der Waals surface area contributed by atoms with E-state index in [2.05, 4.69) is 4.98 Å². The van der Waals surface area contributed by atoms with Crippen LogP contribution in [0.25, 0.3) is 0 Å². The van der Waals surface area contributed by atoms with Crippen molar-refractivity contribution in [2.75, 3.05) is 0 Å². The van der Waals surface area contributed by atoms with Gasteiger partial charge in [0, 0.05) is 12.4 Å². The van der Waals surface area contributed by atoms with E-state index >= 15 is 0 Å². The molecule has 0 spiro atoms. The van der Waals surface area contributed by atoms with Crippen molar-refractivity contribution in [3.63, 3.8) is 0 Å². The minimum absolute atomic E-state index is 0.273. The van der Waals surface area contributed by atoms with Gasteiger partial charge in [-0.3, -0.25) is 4.79 Å². The topological polar surface area (TPSA) is 81.1 Å². The number of aliphatic carboxylic acids is 1. The minimum Gasteiger partial charge on any atom is -0.480 e. The summed E-state index contributed by atoms with van der Waals surface area (Å²) in [4.78, 5) is 14.3. The van der Waals surface area contributed by atoms with Gasteiger partial charge in [0.15, 0.2) is 0 Å². The van der Waals surface area contributed by atoms with Crippen LogP contribution in [-0.2, 0) is 4.79 Å². The molecule has 66 valence electrons. The first-order valence-corrected chi connectivity index (χ1v) is 3.58. The zero-order valence-electron chi connectivity index (χ0n) is 6.71. The zero-order valence-corrected chi connectivity index (χ0v) is 6.71. The number of aromatic nitrogens is 2. The molecule has 5 heteroatoms. The van der Waals surface area contributed by atoms with Crippen LogP contribution in [-0.4, -0.2) is 26.7 Å². The fourth-order valence-corrected chi connectivity index (χ4v) is 0.902. The SMILES string of the molecule is CC(C(N)C(=O)O)n1ccnc1. The predicted molar refractivity (Wildman–Crippen MR) is 42.5 cm³/mol. The summed E-state index contributed by atoms with van der Waals surface area (Å²) in [5.41, 5.74) is 5.40. The van der Waals surface area contributed by atoms with Gasteiger partial charge < -0.3 is 15.4 Å². The second-order valence-electron chi connectivity index (χ2n) is 2.61. The zero-order chi connectivity index (χ0) is 9.14. The van der Waals surface area contributed by atoms with Gasteiger partial charge in [0.1, 0.15) is 6.04 Å². The summed E-state index contributed by atoms with van der Waals surface area (Å²) in [6.45, 7) is 1.74.